The highest BCUT2D eigenvalue weighted by Gasteiger charge is 2.01. The van der Waals surface area contributed by atoms with Crippen molar-refractivity contribution in [2.75, 3.05) is 18.4 Å². The van der Waals surface area contributed by atoms with Crippen LogP contribution < -0.4 is 10.6 Å². The summed E-state index contributed by atoms with van der Waals surface area (Å²) in [6.07, 6.45) is 0. The van der Waals surface area contributed by atoms with E-state index in [1.807, 2.05) is 19.1 Å². The third-order valence-electron chi connectivity index (χ3n) is 1.75. The van der Waals surface area contributed by atoms with Gasteiger partial charge < -0.3 is 10.6 Å². The summed E-state index contributed by atoms with van der Waals surface area (Å²) < 4.78 is 0.840. The van der Waals surface area contributed by atoms with Gasteiger partial charge in [-0.2, -0.15) is 0 Å². The number of carbonyl (C=O) groups is 1. The zero-order chi connectivity index (χ0) is 11.3. The molecule has 0 aliphatic carbocycles. The Bertz CT molecular complexity index is 357. The van der Waals surface area contributed by atoms with Crippen molar-refractivity contribution in [3.05, 3.63) is 27.7 Å². The van der Waals surface area contributed by atoms with Gasteiger partial charge >= 0.3 is 0 Å². The summed E-state index contributed by atoms with van der Waals surface area (Å²) in [6, 6.07) is 5.46. The fourth-order valence-electron chi connectivity index (χ4n) is 1.05. The molecule has 0 saturated heterocycles. The van der Waals surface area contributed by atoms with Crippen LogP contribution in [-0.2, 0) is 4.79 Å². The lowest BCUT2D eigenvalue weighted by Crippen LogP contribution is -2.29. The molecule has 82 valence electrons. The van der Waals surface area contributed by atoms with Crippen LogP contribution in [0.1, 0.15) is 6.92 Å². The second-order valence-electron chi connectivity index (χ2n) is 2.94. The molecule has 5 heteroatoms. The molecular formula is C10H12BrClN2O. The van der Waals surface area contributed by atoms with Crippen LogP contribution in [0.4, 0.5) is 5.69 Å². The minimum Gasteiger partial charge on any atom is -0.376 e. The topological polar surface area (TPSA) is 41.1 Å². The maximum Gasteiger partial charge on any atom is 0.239 e. The van der Waals surface area contributed by atoms with Gasteiger partial charge in [0.05, 0.1) is 11.6 Å². The largest absolute Gasteiger partial charge is 0.376 e. The van der Waals surface area contributed by atoms with Gasteiger partial charge in [0, 0.05) is 16.7 Å². The Kier molecular flexibility index (Phi) is 4.91. The van der Waals surface area contributed by atoms with Crippen LogP contribution in [0.2, 0.25) is 5.02 Å². The second-order valence-corrected chi connectivity index (χ2v) is 4.20. The van der Waals surface area contributed by atoms with Crippen molar-refractivity contribution in [3.63, 3.8) is 0 Å². The van der Waals surface area contributed by atoms with Crippen molar-refractivity contribution < 1.29 is 4.79 Å². The van der Waals surface area contributed by atoms with Crippen LogP contribution in [0.3, 0.4) is 0 Å². The normalized spacial score (nSPS) is 9.80. The first kappa shape index (κ1) is 12.3. The lowest BCUT2D eigenvalue weighted by Gasteiger charge is -2.07. The number of hydrogen-bond donors (Lipinski definition) is 2. The highest BCUT2D eigenvalue weighted by Crippen LogP contribution is 2.25. The van der Waals surface area contributed by atoms with Crippen molar-refractivity contribution in [1.82, 2.24) is 5.32 Å². The third-order valence-corrected chi connectivity index (χ3v) is 2.98. The zero-order valence-corrected chi connectivity index (χ0v) is 10.7. The average molecular weight is 292 g/mol. The molecule has 1 amide bonds. The van der Waals surface area contributed by atoms with Gasteiger partial charge in [0.2, 0.25) is 5.91 Å². The minimum atomic E-state index is -0.0310. The Hall–Kier alpha value is -0.740. The molecule has 0 unspecified atom stereocenters. The molecule has 0 aliphatic heterocycles. The van der Waals surface area contributed by atoms with Crippen molar-refractivity contribution in [1.29, 1.82) is 0 Å². The van der Waals surface area contributed by atoms with Gasteiger partial charge in [0.15, 0.2) is 0 Å². The monoisotopic (exact) mass is 290 g/mol. The maximum atomic E-state index is 11.2. The van der Waals surface area contributed by atoms with Crippen LogP contribution in [-0.4, -0.2) is 19.0 Å². The van der Waals surface area contributed by atoms with Crippen LogP contribution in [0, 0.1) is 0 Å². The quantitative estimate of drug-likeness (QED) is 0.895. The molecule has 0 radical (unpaired) electrons. The predicted molar refractivity (Wildman–Crippen MR) is 66.3 cm³/mol. The molecule has 0 bridgehead atoms. The number of amides is 1. The number of nitrogens with one attached hydrogen (secondary N) is 2. The van der Waals surface area contributed by atoms with E-state index >= 15 is 0 Å². The third kappa shape index (κ3) is 4.10. The minimum absolute atomic E-state index is 0.0310. The van der Waals surface area contributed by atoms with Crippen molar-refractivity contribution in [2.45, 2.75) is 6.92 Å². The Labute approximate surface area is 102 Å². The Morgan fingerprint density at radius 3 is 2.87 bits per heavy atom. The van der Waals surface area contributed by atoms with Gasteiger partial charge in [-0.25, -0.2) is 0 Å². The van der Waals surface area contributed by atoms with E-state index in [0.29, 0.717) is 11.6 Å². The molecule has 1 aromatic rings. The van der Waals surface area contributed by atoms with Crippen LogP contribution in [0.15, 0.2) is 22.7 Å². The molecule has 0 spiro atoms. The molecule has 0 saturated carbocycles. The van der Waals surface area contributed by atoms with Crippen molar-refractivity contribution in [2.24, 2.45) is 0 Å². The fourth-order valence-corrected chi connectivity index (χ4v) is 1.48. The summed E-state index contributed by atoms with van der Waals surface area (Å²) in [5.41, 5.74) is 0.828. The number of hydrogen-bond acceptors (Lipinski definition) is 2. The van der Waals surface area contributed by atoms with Gasteiger partial charge in [-0.1, -0.05) is 11.6 Å². The highest BCUT2D eigenvalue weighted by molar-refractivity contribution is 9.10. The van der Waals surface area contributed by atoms with Gasteiger partial charge in [0.25, 0.3) is 0 Å². The van der Waals surface area contributed by atoms with Gasteiger partial charge in [-0.3, -0.25) is 4.79 Å². The lowest BCUT2D eigenvalue weighted by atomic mass is 10.3. The smallest absolute Gasteiger partial charge is 0.239 e. The molecule has 3 nitrogen and oxygen atoms in total. The van der Waals surface area contributed by atoms with Crippen LogP contribution in [0.25, 0.3) is 0 Å². The Morgan fingerprint density at radius 2 is 2.27 bits per heavy atom. The summed E-state index contributed by atoms with van der Waals surface area (Å²) in [6.45, 7) is 2.78. The summed E-state index contributed by atoms with van der Waals surface area (Å²) >= 11 is 9.20. The second kappa shape index (κ2) is 5.98. The number of rotatable bonds is 4. The van der Waals surface area contributed by atoms with Gasteiger partial charge in [-0.15, -0.1) is 0 Å². The first-order valence-corrected chi connectivity index (χ1v) is 5.76. The number of halogens is 2. The molecule has 0 fully saturated rings. The molecule has 1 rings (SSSR count). The molecule has 0 atom stereocenters. The Balaban J connectivity index is 2.51. The van der Waals surface area contributed by atoms with E-state index in [-0.39, 0.29) is 12.5 Å². The van der Waals surface area contributed by atoms with E-state index in [1.54, 1.807) is 6.07 Å². The highest BCUT2D eigenvalue weighted by atomic mass is 79.9. The molecule has 0 aromatic heterocycles. The number of carbonyl (C=O) groups excluding carboxylic acids is 1. The van der Waals surface area contributed by atoms with Crippen molar-refractivity contribution in [3.8, 4) is 0 Å². The molecule has 1 aromatic carbocycles. The number of likely N-dealkylation sites (N-methyl/N-ethyl adjacent to an activating group) is 1. The predicted octanol–water partition coefficient (Wildman–Crippen LogP) is 2.65. The maximum absolute atomic E-state index is 11.2. The summed E-state index contributed by atoms with van der Waals surface area (Å²) in [5.74, 6) is -0.0310. The van der Waals surface area contributed by atoms with E-state index in [0.717, 1.165) is 10.2 Å². The lowest BCUT2D eigenvalue weighted by molar-refractivity contribution is -0.119. The molecular weight excluding hydrogens is 279 g/mol. The number of anilines is 1. The molecule has 0 aliphatic rings. The van der Waals surface area contributed by atoms with Crippen LogP contribution in [0.5, 0.6) is 0 Å². The summed E-state index contributed by atoms with van der Waals surface area (Å²) in [4.78, 5) is 11.2. The first-order chi connectivity index (χ1) is 7.13. The fraction of sp³-hybridized carbons (Fsp3) is 0.300. The van der Waals surface area contributed by atoms with Crippen molar-refractivity contribution >= 4 is 39.1 Å². The standard InChI is InChI=1S/C10H12BrClN2O/c1-2-13-10(15)6-14-7-3-4-8(11)9(12)5-7/h3-5,14H,2,6H2,1H3,(H,13,15). The van der Waals surface area contributed by atoms with E-state index < -0.39 is 0 Å². The molecule has 2 N–H and O–H groups in total. The molecule has 0 heterocycles. The van der Waals surface area contributed by atoms with E-state index in [4.69, 9.17) is 11.6 Å². The van der Waals surface area contributed by atoms with Crippen LogP contribution >= 0.6 is 27.5 Å². The SMILES string of the molecule is CCNC(=O)CNc1ccc(Br)c(Cl)c1. The van der Waals surface area contributed by atoms with E-state index in [2.05, 4.69) is 26.6 Å². The van der Waals surface area contributed by atoms with Gasteiger partial charge in [0.1, 0.15) is 0 Å². The average Bonchev–Trinajstić information content (AvgIpc) is 2.20. The van der Waals surface area contributed by atoms with Gasteiger partial charge in [-0.05, 0) is 41.1 Å². The molecule has 15 heavy (non-hydrogen) atoms. The van der Waals surface area contributed by atoms with E-state index in [1.165, 1.54) is 0 Å². The Morgan fingerprint density at radius 1 is 1.53 bits per heavy atom. The summed E-state index contributed by atoms with van der Waals surface area (Å²) in [7, 11) is 0. The van der Waals surface area contributed by atoms with E-state index in [9.17, 15) is 4.79 Å². The zero-order valence-electron chi connectivity index (χ0n) is 8.31. The number of benzene rings is 1. The first-order valence-electron chi connectivity index (χ1n) is 4.59. The summed E-state index contributed by atoms with van der Waals surface area (Å²) in [5, 5.41) is 6.30.